The number of likely N-dealkylation sites (N-methyl/N-ethyl adjacent to an activating group) is 1. The molecule has 2 amide bonds. The Morgan fingerprint density at radius 1 is 1.13 bits per heavy atom. The van der Waals surface area contributed by atoms with Gasteiger partial charge in [-0.2, -0.15) is 0 Å². The molecule has 3 N–H and O–H groups in total. The van der Waals surface area contributed by atoms with E-state index in [1.807, 2.05) is 0 Å². The molecular formula is C14H21N3O5S. The Morgan fingerprint density at radius 2 is 1.78 bits per heavy atom. The number of amides is 2. The zero-order valence-electron chi connectivity index (χ0n) is 13.3. The summed E-state index contributed by atoms with van der Waals surface area (Å²) >= 11 is 0. The van der Waals surface area contributed by atoms with Crippen LogP contribution in [0.2, 0.25) is 0 Å². The second kappa shape index (κ2) is 8.49. The number of hydrogen-bond donors (Lipinski definition) is 3. The van der Waals surface area contributed by atoms with Crippen molar-refractivity contribution in [2.75, 3.05) is 27.2 Å². The van der Waals surface area contributed by atoms with Crippen LogP contribution in [0.5, 0.6) is 5.75 Å². The summed E-state index contributed by atoms with van der Waals surface area (Å²) in [7, 11) is -0.722. The molecule has 128 valence electrons. The van der Waals surface area contributed by atoms with Crippen LogP contribution in [0.4, 0.5) is 0 Å². The Morgan fingerprint density at radius 3 is 2.35 bits per heavy atom. The van der Waals surface area contributed by atoms with Gasteiger partial charge in [0, 0.05) is 27.1 Å². The lowest BCUT2D eigenvalue weighted by atomic mass is 10.2. The molecule has 0 aliphatic heterocycles. The van der Waals surface area contributed by atoms with E-state index in [1.165, 1.54) is 32.3 Å². The Kier molecular flexibility index (Phi) is 6.98. The SMILES string of the molecule is CNC(=O)CCNS(=O)(=O)c1ccc(OCC(=O)NC)c(C)c1. The summed E-state index contributed by atoms with van der Waals surface area (Å²) in [5.41, 5.74) is 0.586. The van der Waals surface area contributed by atoms with Crippen LogP contribution in [0.3, 0.4) is 0 Å². The van der Waals surface area contributed by atoms with E-state index >= 15 is 0 Å². The van der Waals surface area contributed by atoms with E-state index in [1.54, 1.807) is 6.92 Å². The summed E-state index contributed by atoms with van der Waals surface area (Å²) in [5, 5.41) is 4.84. The lowest BCUT2D eigenvalue weighted by molar-refractivity contribution is -0.122. The number of sulfonamides is 1. The maximum Gasteiger partial charge on any atom is 0.257 e. The van der Waals surface area contributed by atoms with E-state index in [4.69, 9.17) is 4.74 Å². The molecule has 9 heteroatoms. The highest BCUT2D eigenvalue weighted by Crippen LogP contribution is 2.21. The lowest BCUT2D eigenvalue weighted by Crippen LogP contribution is -2.29. The van der Waals surface area contributed by atoms with Gasteiger partial charge >= 0.3 is 0 Å². The lowest BCUT2D eigenvalue weighted by Gasteiger charge is -2.11. The molecule has 1 aromatic rings. The standard InChI is InChI=1S/C14H21N3O5S/c1-10-8-11(4-5-12(10)22-9-14(19)16-3)23(20,21)17-7-6-13(18)15-2/h4-5,8,17H,6-7,9H2,1-3H3,(H,15,18)(H,16,19). The van der Waals surface area contributed by atoms with Crippen molar-refractivity contribution in [1.82, 2.24) is 15.4 Å². The Bertz CT molecular complexity index is 673. The largest absolute Gasteiger partial charge is 0.484 e. The van der Waals surface area contributed by atoms with E-state index in [-0.39, 0.29) is 36.3 Å². The molecule has 0 aliphatic carbocycles. The molecule has 23 heavy (non-hydrogen) atoms. The number of carbonyl (C=O) groups excluding carboxylic acids is 2. The minimum Gasteiger partial charge on any atom is -0.484 e. The summed E-state index contributed by atoms with van der Waals surface area (Å²) in [5.74, 6) is -0.100. The molecule has 0 spiro atoms. The Labute approximate surface area is 135 Å². The van der Waals surface area contributed by atoms with Gasteiger partial charge in [0.15, 0.2) is 6.61 Å². The van der Waals surface area contributed by atoms with Gasteiger partial charge in [0.25, 0.3) is 5.91 Å². The highest BCUT2D eigenvalue weighted by atomic mass is 32.2. The first-order chi connectivity index (χ1) is 10.8. The van der Waals surface area contributed by atoms with Crippen LogP contribution in [-0.2, 0) is 19.6 Å². The normalized spacial score (nSPS) is 10.9. The van der Waals surface area contributed by atoms with Crippen molar-refractivity contribution < 1.29 is 22.7 Å². The molecular weight excluding hydrogens is 322 g/mol. The minimum atomic E-state index is -3.70. The summed E-state index contributed by atoms with van der Waals surface area (Å²) < 4.78 is 31.9. The van der Waals surface area contributed by atoms with Crippen molar-refractivity contribution in [2.45, 2.75) is 18.2 Å². The first kappa shape index (κ1) is 18.9. The number of rotatable bonds is 8. The smallest absolute Gasteiger partial charge is 0.257 e. The van der Waals surface area contributed by atoms with Gasteiger partial charge in [-0.3, -0.25) is 9.59 Å². The Balaban J connectivity index is 2.75. The fraction of sp³-hybridized carbons (Fsp3) is 0.429. The van der Waals surface area contributed by atoms with Gasteiger partial charge in [0.05, 0.1) is 4.90 Å². The highest BCUT2D eigenvalue weighted by Gasteiger charge is 2.16. The molecule has 8 nitrogen and oxygen atoms in total. The fourth-order valence-electron chi connectivity index (χ4n) is 1.67. The van der Waals surface area contributed by atoms with Crippen LogP contribution in [0.1, 0.15) is 12.0 Å². The number of benzene rings is 1. The van der Waals surface area contributed by atoms with E-state index in [2.05, 4.69) is 15.4 Å². The molecule has 0 radical (unpaired) electrons. The minimum absolute atomic E-state index is 0.00990. The zero-order chi connectivity index (χ0) is 17.5. The van der Waals surface area contributed by atoms with Crippen molar-refractivity contribution in [2.24, 2.45) is 0 Å². The molecule has 0 aliphatic rings. The quantitative estimate of drug-likeness (QED) is 0.591. The summed E-state index contributed by atoms with van der Waals surface area (Å²) in [6, 6.07) is 4.32. The number of aryl methyl sites for hydroxylation is 1. The third kappa shape index (κ3) is 5.87. The molecule has 0 bridgehead atoms. The summed E-state index contributed by atoms with van der Waals surface area (Å²) in [6.07, 6.45) is 0.0576. The topological polar surface area (TPSA) is 114 Å². The molecule has 0 unspecified atom stereocenters. The van der Waals surface area contributed by atoms with Crippen LogP contribution in [0, 0.1) is 6.92 Å². The van der Waals surface area contributed by atoms with Crippen LogP contribution < -0.4 is 20.1 Å². The second-order valence-corrected chi connectivity index (χ2v) is 6.48. The first-order valence-corrected chi connectivity index (χ1v) is 8.42. The molecule has 1 aromatic carbocycles. The monoisotopic (exact) mass is 343 g/mol. The van der Waals surface area contributed by atoms with Crippen molar-refractivity contribution >= 4 is 21.8 Å². The van der Waals surface area contributed by atoms with Crippen molar-refractivity contribution in [3.63, 3.8) is 0 Å². The molecule has 0 atom stereocenters. The van der Waals surface area contributed by atoms with Crippen molar-refractivity contribution in [3.8, 4) is 5.75 Å². The van der Waals surface area contributed by atoms with E-state index in [0.717, 1.165) is 0 Å². The summed E-state index contributed by atoms with van der Waals surface area (Å²) in [6.45, 7) is 1.55. The van der Waals surface area contributed by atoms with Crippen LogP contribution in [0.15, 0.2) is 23.1 Å². The third-order valence-corrected chi connectivity index (χ3v) is 4.48. The molecule has 0 aromatic heterocycles. The van der Waals surface area contributed by atoms with Gasteiger partial charge in [-0.1, -0.05) is 0 Å². The molecule has 0 fully saturated rings. The van der Waals surface area contributed by atoms with Crippen LogP contribution in [-0.4, -0.2) is 47.5 Å². The maximum atomic E-state index is 12.1. The molecule has 0 heterocycles. The van der Waals surface area contributed by atoms with Gasteiger partial charge in [0.2, 0.25) is 15.9 Å². The van der Waals surface area contributed by atoms with Crippen molar-refractivity contribution in [3.05, 3.63) is 23.8 Å². The average Bonchev–Trinajstić information content (AvgIpc) is 2.52. The fourth-order valence-corrected chi connectivity index (χ4v) is 2.79. The zero-order valence-corrected chi connectivity index (χ0v) is 14.1. The van der Waals surface area contributed by atoms with Gasteiger partial charge in [-0.15, -0.1) is 0 Å². The number of ether oxygens (including phenoxy) is 1. The maximum absolute atomic E-state index is 12.1. The Hall–Kier alpha value is -2.13. The number of nitrogens with one attached hydrogen (secondary N) is 3. The van der Waals surface area contributed by atoms with Crippen LogP contribution in [0.25, 0.3) is 0 Å². The van der Waals surface area contributed by atoms with E-state index in [9.17, 15) is 18.0 Å². The third-order valence-electron chi connectivity index (χ3n) is 3.02. The molecule has 1 rings (SSSR count). The van der Waals surface area contributed by atoms with Gasteiger partial charge in [-0.25, -0.2) is 13.1 Å². The van der Waals surface area contributed by atoms with Gasteiger partial charge < -0.3 is 15.4 Å². The van der Waals surface area contributed by atoms with E-state index < -0.39 is 10.0 Å². The number of hydrogen-bond acceptors (Lipinski definition) is 5. The van der Waals surface area contributed by atoms with Gasteiger partial charge in [-0.05, 0) is 30.7 Å². The van der Waals surface area contributed by atoms with Crippen LogP contribution >= 0.6 is 0 Å². The molecule has 0 saturated carbocycles. The van der Waals surface area contributed by atoms with E-state index in [0.29, 0.717) is 11.3 Å². The van der Waals surface area contributed by atoms with Crippen molar-refractivity contribution in [1.29, 1.82) is 0 Å². The highest BCUT2D eigenvalue weighted by molar-refractivity contribution is 7.89. The summed E-state index contributed by atoms with van der Waals surface area (Å²) in [4.78, 5) is 22.3. The predicted molar refractivity (Wildman–Crippen MR) is 84.6 cm³/mol. The van der Waals surface area contributed by atoms with Gasteiger partial charge in [0.1, 0.15) is 5.75 Å². The molecule has 0 saturated heterocycles. The second-order valence-electron chi connectivity index (χ2n) is 4.71. The number of carbonyl (C=O) groups is 2. The first-order valence-electron chi connectivity index (χ1n) is 6.94. The predicted octanol–water partition coefficient (Wildman–Crippen LogP) is -0.466. The average molecular weight is 343 g/mol.